The lowest BCUT2D eigenvalue weighted by Gasteiger charge is -2.11. The summed E-state index contributed by atoms with van der Waals surface area (Å²) >= 11 is 5.83. The summed E-state index contributed by atoms with van der Waals surface area (Å²) in [6, 6.07) is 4.70. The van der Waals surface area contributed by atoms with Gasteiger partial charge in [0.25, 0.3) is 5.91 Å². The first-order chi connectivity index (χ1) is 9.38. The Bertz CT molecular complexity index is 471. The fourth-order valence-corrected chi connectivity index (χ4v) is 2.04. The Morgan fingerprint density at radius 1 is 1.35 bits per heavy atom. The number of aliphatic carboxylic acids is 1. The molecule has 110 valence electrons. The van der Waals surface area contributed by atoms with E-state index in [-0.39, 0.29) is 18.2 Å². The molecule has 0 spiro atoms. The molecular weight excluding hydrogens is 280 g/mol. The molecule has 1 aromatic rings. The molecule has 0 aliphatic rings. The Hall–Kier alpha value is -1.75. The number of rotatable bonds is 7. The fourth-order valence-electron chi connectivity index (χ4n) is 1.79. The predicted molar refractivity (Wildman–Crippen MR) is 78.8 cm³/mol. The third-order valence-electron chi connectivity index (χ3n) is 2.96. The minimum Gasteiger partial charge on any atom is -0.481 e. The number of nitrogen functional groups attached to an aromatic ring is 1. The Labute approximate surface area is 123 Å². The molecular formula is C14H19ClN2O3. The summed E-state index contributed by atoms with van der Waals surface area (Å²) in [7, 11) is 0. The number of hydrogen-bond acceptors (Lipinski definition) is 3. The van der Waals surface area contributed by atoms with Crippen molar-refractivity contribution >= 4 is 29.2 Å². The summed E-state index contributed by atoms with van der Waals surface area (Å²) in [6.07, 6.45) is 1.49. The van der Waals surface area contributed by atoms with Crippen LogP contribution in [-0.4, -0.2) is 23.5 Å². The molecule has 20 heavy (non-hydrogen) atoms. The van der Waals surface area contributed by atoms with Gasteiger partial charge in [0.1, 0.15) is 0 Å². The number of nitrogens with one attached hydrogen (secondary N) is 1. The minimum atomic E-state index is -0.796. The van der Waals surface area contributed by atoms with Crippen LogP contribution in [0.3, 0.4) is 0 Å². The second-order valence-corrected chi connectivity index (χ2v) is 5.29. The molecule has 1 aromatic carbocycles. The van der Waals surface area contributed by atoms with Crippen molar-refractivity contribution in [3.8, 4) is 0 Å². The first-order valence-corrected chi connectivity index (χ1v) is 6.82. The SMILES string of the molecule is CC(CCNC(=O)c1cc(N)cc(Cl)c1)CCC(=O)O. The zero-order valence-corrected chi connectivity index (χ0v) is 12.1. The fraction of sp³-hybridized carbons (Fsp3) is 0.429. The third-order valence-corrected chi connectivity index (χ3v) is 3.17. The van der Waals surface area contributed by atoms with Crippen molar-refractivity contribution in [2.45, 2.75) is 26.2 Å². The molecule has 0 fully saturated rings. The van der Waals surface area contributed by atoms with Crippen LogP contribution in [0.1, 0.15) is 36.5 Å². The second kappa shape index (κ2) is 7.75. The maximum absolute atomic E-state index is 11.9. The molecule has 0 bridgehead atoms. The van der Waals surface area contributed by atoms with Crippen LogP contribution in [0, 0.1) is 5.92 Å². The number of hydrogen-bond donors (Lipinski definition) is 3. The van der Waals surface area contributed by atoms with Crippen LogP contribution in [0.4, 0.5) is 5.69 Å². The Morgan fingerprint density at radius 2 is 2.05 bits per heavy atom. The monoisotopic (exact) mass is 298 g/mol. The smallest absolute Gasteiger partial charge is 0.303 e. The number of carboxylic acids is 1. The summed E-state index contributed by atoms with van der Waals surface area (Å²) in [5, 5.41) is 11.8. The minimum absolute atomic E-state index is 0.153. The first kappa shape index (κ1) is 16.3. The molecule has 1 rings (SSSR count). The summed E-state index contributed by atoms with van der Waals surface area (Å²) < 4.78 is 0. The van der Waals surface area contributed by atoms with E-state index in [4.69, 9.17) is 22.4 Å². The molecule has 0 saturated heterocycles. The molecule has 1 unspecified atom stereocenters. The Balaban J connectivity index is 2.38. The van der Waals surface area contributed by atoms with Gasteiger partial charge in [-0.05, 0) is 37.0 Å². The van der Waals surface area contributed by atoms with Crippen molar-refractivity contribution in [1.82, 2.24) is 5.32 Å². The van der Waals surface area contributed by atoms with Crippen LogP contribution in [-0.2, 0) is 4.79 Å². The van der Waals surface area contributed by atoms with Crippen LogP contribution >= 0.6 is 11.6 Å². The van der Waals surface area contributed by atoms with Gasteiger partial charge in [0.15, 0.2) is 0 Å². The summed E-state index contributed by atoms with van der Waals surface area (Å²) in [4.78, 5) is 22.3. The molecule has 0 saturated carbocycles. The van der Waals surface area contributed by atoms with E-state index in [0.717, 1.165) is 6.42 Å². The largest absolute Gasteiger partial charge is 0.481 e. The van der Waals surface area contributed by atoms with Crippen LogP contribution in [0.5, 0.6) is 0 Å². The van der Waals surface area contributed by atoms with Crippen molar-refractivity contribution in [3.05, 3.63) is 28.8 Å². The maximum Gasteiger partial charge on any atom is 0.303 e. The van der Waals surface area contributed by atoms with Gasteiger partial charge in [-0.1, -0.05) is 18.5 Å². The third kappa shape index (κ3) is 5.93. The highest BCUT2D eigenvalue weighted by molar-refractivity contribution is 6.31. The topological polar surface area (TPSA) is 92.4 Å². The standard InChI is InChI=1S/C14H19ClN2O3/c1-9(2-3-13(18)19)4-5-17-14(20)10-6-11(15)8-12(16)7-10/h6-9H,2-5,16H2,1H3,(H,17,20)(H,18,19). The predicted octanol–water partition coefficient (Wildman–Crippen LogP) is 2.54. The van der Waals surface area contributed by atoms with E-state index in [1.807, 2.05) is 6.92 Å². The summed E-state index contributed by atoms with van der Waals surface area (Å²) in [5.41, 5.74) is 6.49. The van der Waals surface area contributed by atoms with E-state index >= 15 is 0 Å². The van der Waals surface area contributed by atoms with Gasteiger partial charge in [0.2, 0.25) is 0 Å². The first-order valence-electron chi connectivity index (χ1n) is 6.44. The van der Waals surface area contributed by atoms with Crippen molar-refractivity contribution in [3.63, 3.8) is 0 Å². The van der Waals surface area contributed by atoms with Gasteiger partial charge in [-0.3, -0.25) is 9.59 Å². The van der Waals surface area contributed by atoms with Gasteiger partial charge in [-0.25, -0.2) is 0 Å². The zero-order valence-electron chi connectivity index (χ0n) is 11.4. The summed E-state index contributed by atoms with van der Waals surface area (Å²) in [6.45, 7) is 2.46. The number of anilines is 1. The van der Waals surface area contributed by atoms with Crippen LogP contribution in [0.2, 0.25) is 5.02 Å². The van der Waals surface area contributed by atoms with Gasteiger partial charge in [0, 0.05) is 29.2 Å². The van der Waals surface area contributed by atoms with Crippen molar-refractivity contribution < 1.29 is 14.7 Å². The Morgan fingerprint density at radius 3 is 2.65 bits per heavy atom. The lowest BCUT2D eigenvalue weighted by Crippen LogP contribution is -2.25. The van der Waals surface area contributed by atoms with Crippen LogP contribution in [0.25, 0.3) is 0 Å². The highest BCUT2D eigenvalue weighted by Gasteiger charge is 2.09. The van der Waals surface area contributed by atoms with Crippen molar-refractivity contribution in [2.24, 2.45) is 5.92 Å². The zero-order chi connectivity index (χ0) is 15.1. The number of carbonyl (C=O) groups is 2. The quantitative estimate of drug-likeness (QED) is 0.674. The van der Waals surface area contributed by atoms with E-state index in [1.54, 1.807) is 18.2 Å². The highest BCUT2D eigenvalue weighted by Crippen LogP contribution is 2.16. The lowest BCUT2D eigenvalue weighted by molar-refractivity contribution is -0.137. The number of benzene rings is 1. The molecule has 0 radical (unpaired) electrons. The molecule has 0 aliphatic carbocycles. The van der Waals surface area contributed by atoms with Gasteiger partial charge in [-0.2, -0.15) is 0 Å². The molecule has 1 atom stereocenters. The molecule has 6 heteroatoms. The molecule has 0 aromatic heterocycles. The number of halogens is 1. The van der Waals surface area contributed by atoms with Gasteiger partial charge >= 0.3 is 5.97 Å². The summed E-state index contributed by atoms with van der Waals surface area (Å²) in [5.74, 6) is -0.782. The normalized spacial score (nSPS) is 11.9. The average Bonchev–Trinajstić information content (AvgIpc) is 2.35. The van der Waals surface area contributed by atoms with E-state index < -0.39 is 5.97 Å². The van der Waals surface area contributed by atoms with E-state index in [9.17, 15) is 9.59 Å². The van der Waals surface area contributed by atoms with Gasteiger partial charge in [-0.15, -0.1) is 0 Å². The molecule has 4 N–H and O–H groups in total. The van der Waals surface area contributed by atoms with E-state index in [0.29, 0.717) is 29.2 Å². The highest BCUT2D eigenvalue weighted by atomic mass is 35.5. The van der Waals surface area contributed by atoms with Gasteiger partial charge < -0.3 is 16.2 Å². The molecule has 0 heterocycles. The Kier molecular flexibility index (Phi) is 6.31. The molecule has 0 aliphatic heterocycles. The molecule has 1 amide bonds. The van der Waals surface area contributed by atoms with Crippen molar-refractivity contribution in [1.29, 1.82) is 0 Å². The van der Waals surface area contributed by atoms with Crippen LogP contribution < -0.4 is 11.1 Å². The maximum atomic E-state index is 11.9. The van der Waals surface area contributed by atoms with Crippen LogP contribution in [0.15, 0.2) is 18.2 Å². The number of amides is 1. The number of carbonyl (C=O) groups excluding carboxylic acids is 1. The van der Waals surface area contributed by atoms with E-state index in [2.05, 4.69) is 5.32 Å². The lowest BCUT2D eigenvalue weighted by atomic mass is 10.0. The molecule has 5 nitrogen and oxygen atoms in total. The second-order valence-electron chi connectivity index (χ2n) is 4.86. The number of carboxylic acid groups (broad SMARTS) is 1. The average molecular weight is 299 g/mol. The number of nitrogens with two attached hydrogens (primary N) is 1. The van der Waals surface area contributed by atoms with Gasteiger partial charge in [0.05, 0.1) is 0 Å². The van der Waals surface area contributed by atoms with E-state index in [1.165, 1.54) is 0 Å². The van der Waals surface area contributed by atoms with Crippen molar-refractivity contribution in [2.75, 3.05) is 12.3 Å².